The number of hydrogen-bond acceptors (Lipinski definition) is 5. The number of imidazole rings is 1. The Kier molecular flexibility index (Phi) is 6.77. The van der Waals surface area contributed by atoms with Crippen LogP contribution in [0.1, 0.15) is 32.7 Å². The molecule has 3 heterocycles. The minimum absolute atomic E-state index is 0.213. The molecule has 2 N–H and O–H groups in total. The highest BCUT2D eigenvalue weighted by Gasteiger charge is 2.13. The number of hydrogen-bond donors (Lipinski definition) is 2. The van der Waals surface area contributed by atoms with Gasteiger partial charge in [-0.3, -0.25) is 9.69 Å². The first-order valence-electron chi connectivity index (χ1n) is 11.5. The zero-order valence-corrected chi connectivity index (χ0v) is 20.1. The molecule has 0 aliphatic carbocycles. The number of piperazine rings is 1. The van der Waals surface area contributed by atoms with Crippen LogP contribution in [-0.4, -0.2) is 51.6 Å². The van der Waals surface area contributed by atoms with Crippen molar-refractivity contribution < 1.29 is 4.79 Å². The summed E-state index contributed by atoms with van der Waals surface area (Å²) < 4.78 is 1.69. The summed E-state index contributed by atoms with van der Waals surface area (Å²) in [6, 6.07) is 14.9. The summed E-state index contributed by atoms with van der Waals surface area (Å²) in [5.74, 6) is 6.07. The summed E-state index contributed by atoms with van der Waals surface area (Å²) in [7, 11) is 0. The Labute approximate surface area is 209 Å². The Morgan fingerprint density at radius 2 is 2.00 bits per heavy atom. The van der Waals surface area contributed by atoms with Gasteiger partial charge < -0.3 is 10.6 Å². The van der Waals surface area contributed by atoms with E-state index in [2.05, 4.69) is 37.5 Å². The van der Waals surface area contributed by atoms with Crippen LogP contribution in [0.2, 0.25) is 5.02 Å². The number of aromatic nitrogens is 3. The van der Waals surface area contributed by atoms with Crippen molar-refractivity contribution in [1.82, 2.24) is 24.8 Å². The SMILES string of the molecule is Cc1ccc(C(=O)Nc2ccc(CN3CCNCC3)c(Cl)c2)cc1C#Cc1cnc2cccnn12. The standard InChI is InChI=1S/C27H25ClN6O/c1-19-4-5-21(15-20(19)7-9-24-17-30-26-3-2-10-31-34(24)26)27(35)32-23-8-6-22(25(28)16-23)18-33-13-11-29-12-14-33/h2-6,8,10,15-17,29H,11-14,18H2,1H3,(H,32,35). The van der Waals surface area contributed by atoms with Gasteiger partial charge in [-0.05, 0) is 60.4 Å². The third kappa shape index (κ3) is 5.36. The molecule has 0 radical (unpaired) electrons. The quantitative estimate of drug-likeness (QED) is 0.431. The monoisotopic (exact) mass is 484 g/mol. The summed E-state index contributed by atoms with van der Waals surface area (Å²) in [5, 5.41) is 11.2. The molecule has 0 bridgehead atoms. The van der Waals surface area contributed by atoms with Crippen molar-refractivity contribution in [1.29, 1.82) is 0 Å². The van der Waals surface area contributed by atoms with Gasteiger partial charge in [0.2, 0.25) is 0 Å². The Morgan fingerprint density at radius 1 is 1.14 bits per heavy atom. The van der Waals surface area contributed by atoms with Crippen LogP contribution in [0.3, 0.4) is 0 Å². The van der Waals surface area contributed by atoms with E-state index in [4.69, 9.17) is 11.6 Å². The van der Waals surface area contributed by atoms with Crippen LogP contribution in [0.5, 0.6) is 0 Å². The van der Waals surface area contributed by atoms with E-state index < -0.39 is 0 Å². The number of carbonyl (C=O) groups excluding carboxylic acids is 1. The molecule has 0 unspecified atom stereocenters. The van der Waals surface area contributed by atoms with Gasteiger partial charge in [-0.2, -0.15) is 5.10 Å². The van der Waals surface area contributed by atoms with Crippen molar-refractivity contribution >= 4 is 28.8 Å². The van der Waals surface area contributed by atoms with Gasteiger partial charge in [0.15, 0.2) is 5.65 Å². The van der Waals surface area contributed by atoms with Crippen LogP contribution in [-0.2, 0) is 6.54 Å². The van der Waals surface area contributed by atoms with Gasteiger partial charge in [0.25, 0.3) is 5.91 Å². The van der Waals surface area contributed by atoms with E-state index in [9.17, 15) is 4.79 Å². The topological polar surface area (TPSA) is 74.6 Å². The van der Waals surface area contributed by atoms with Crippen LogP contribution in [0.25, 0.3) is 5.65 Å². The second-order valence-electron chi connectivity index (χ2n) is 8.50. The summed E-state index contributed by atoms with van der Waals surface area (Å²) in [6.45, 7) is 6.75. The Bertz CT molecular complexity index is 1450. The largest absolute Gasteiger partial charge is 0.322 e. The summed E-state index contributed by atoms with van der Waals surface area (Å²) >= 11 is 6.53. The molecule has 2 aromatic heterocycles. The fourth-order valence-electron chi connectivity index (χ4n) is 4.01. The van der Waals surface area contributed by atoms with E-state index in [0.29, 0.717) is 22.0 Å². The highest BCUT2D eigenvalue weighted by Crippen LogP contribution is 2.23. The Morgan fingerprint density at radius 3 is 2.83 bits per heavy atom. The van der Waals surface area contributed by atoms with E-state index in [0.717, 1.165) is 55.1 Å². The molecule has 2 aromatic carbocycles. The maximum atomic E-state index is 13.0. The van der Waals surface area contributed by atoms with E-state index in [1.54, 1.807) is 29.0 Å². The lowest BCUT2D eigenvalue weighted by Crippen LogP contribution is -2.42. The zero-order chi connectivity index (χ0) is 24.2. The lowest BCUT2D eigenvalue weighted by molar-refractivity contribution is 0.102. The van der Waals surface area contributed by atoms with Crippen LogP contribution in [0.15, 0.2) is 60.9 Å². The number of nitrogens with one attached hydrogen (secondary N) is 2. The number of halogens is 1. The number of benzene rings is 2. The van der Waals surface area contributed by atoms with Crippen molar-refractivity contribution in [3.05, 3.63) is 93.9 Å². The molecule has 176 valence electrons. The Hall–Kier alpha value is -3.70. The number of nitrogens with zero attached hydrogens (tertiary/aromatic N) is 4. The molecule has 8 heteroatoms. The zero-order valence-electron chi connectivity index (χ0n) is 19.4. The van der Waals surface area contributed by atoms with Crippen LogP contribution in [0.4, 0.5) is 5.69 Å². The van der Waals surface area contributed by atoms with Crippen molar-refractivity contribution in [2.45, 2.75) is 13.5 Å². The van der Waals surface area contributed by atoms with Gasteiger partial charge in [0, 0.05) is 60.8 Å². The van der Waals surface area contributed by atoms with Gasteiger partial charge in [0.1, 0.15) is 5.69 Å². The summed E-state index contributed by atoms with van der Waals surface area (Å²) in [5.41, 5.74) is 5.42. The number of fused-ring (bicyclic) bond motifs is 1. The predicted molar refractivity (Wildman–Crippen MR) is 138 cm³/mol. The first-order valence-corrected chi connectivity index (χ1v) is 11.9. The number of anilines is 1. The molecule has 5 rings (SSSR count). The maximum absolute atomic E-state index is 13.0. The highest BCUT2D eigenvalue weighted by molar-refractivity contribution is 6.31. The Balaban J connectivity index is 1.31. The molecule has 1 saturated heterocycles. The fourth-order valence-corrected chi connectivity index (χ4v) is 4.25. The summed E-state index contributed by atoms with van der Waals surface area (Å²) in [4.78, 5) is 19.6. The molecule has 1 aliphatic heterocycles. The number of amides is 1. The third-order valence-corrected chi connectivity index (χ3v) is 6.37. The van der Waals surface area contributed by atoms with E-state index in [1.807, 2.05) is 43.3 Å². The van der Waals surface area contributed by atoms with Gasteiger partial charge in [0.05, 0.1) is 6.20 Å². The van der Waals surface area contributed by atoms with Crippen LogP contribution < -0.4 is 10.6 Å². The van der Waals surface area contributed by atoms with Crippen molar-refractivity contribution in [2.75, 3.05) is 31.5 Å². The second kappa shape index (κ2) is 10.3. The van der Waals surface area contributed by atoms with Crippen molar-refractivity contribution in [3.63, 3.8) is 0 Å². The maximum Gasteiger partial charge on any atom is 0.255 e. The average molecular weight is 485 g/mol. The molecule has 1 amide bonds. The highest BCUT2D eigenvalue weighted by atomic mass is 35.5. The molecule has 4 aromatic rings. The molecule has 35 heavy (non-hydrogen) atoms. The second-order valence-corrected chi connectivity index (χ2v) is 8.91. The molecule has 0 saturated carbocycles. The molecule has 1 fully saturated rings. The minimum Gasteiger partial charge on any atom is -0.322 e. The average Bonchev–Trinajstić information content (AvgIpc) is 3.29. The molecular formula is C27H25ClN6O. The number of aryl methyl sites for hydroxylation is 1. The normalized spacial score (nSPS) is 13.9. The first kappa shape index (κ1) is 23.1. The molecular weight excluding hydrogens is 460 g/mol. The van der Waals surface area contributed by atoms with Gasteiger partial charge in [-0.25, -0.2) is 9.50 Å². The first-order chi connectivity index (χ1) is 17.1. The van der Waals surface area contributed by atoms with Gasteiger partial charge in [-0.1, -0.05) is 29.7 Å². The minimum atomic E-state index is -0.213. The molecule has 0 atom stereocenters. The molecule has 7 nitrogen and oxygen atoms in total. The van der Waals surface area contributed by atoms with Crippen LogP contribution in [0, 0.1) is 18.8 Å². The smallest absolute Gasteiger partial charge is 0.255 e. The predicted octanol–water partition coefficient (Wildman–Crippen LogP) is 3.75. The van der Waals surface area contributed by atoms with Gasteiger partial charge >= 0.3 is 0 Å². The summed E-state index contributed by atoms with van der Waals surface area (Å²) in [6.07, 6.45) is 3.39. The van der Waals surface area contributed by atoms with Crippen molar-refractivity contribution in [2.24, 2.45) is 0 Å². The van der Waals surface area contributed by atoms with E-state index in [1.165, 1.54) is 0 Å². The van der Waals surface area contributed by atoms with E-state index >= 15 is 0 Å². The molecule has 1 aliphatic rings. The van der Waals surface area contributed by atoms with Crippen LogP contribution >= 0.6 is 11.6 Å². The number of rotatable bonds is 4. The lowest BCUT2D eigenvalue weighted by atomic mass is 10.0. The van der Waals surface area contributed by atoms with Gasteiger partial charge in [-0.15, -0.1) is 0 Å². The number of carbonyl (C=O) groups is 1. The fraction of sp³-hybridized carbons (Fsp3) is 0.222. The lowest BCUT2D eigenvalue weighted by Gasteiger charge is -2.27. The van der Waals surface area contributed by atoms with E-state index in [-0.39, 0.29) is 5.91 Å². The molecule has 0 spiro atoms. The van der Waals surface area contributed by atoms with Crippen molar-refractivity contribution in [3.8, 4) is 11.8 Å². The third-order valence-electron chi connectivity index (χ3n) is 6.02.